The van der Waals surface area contributed by atoms with Crippen LogP contribution >= 0.6 is 23.2 Å². The highest BCUT2D eigenvalue weighted by Crippen LogP contribution is 2.21. The minimum atomic E-state index is -3.21. The molecule has 0 atom stereocenters. The molecule has 0 fully saturated rings. The Bertz CT molecular complexity index is 917. The molecule has 152 valence electrons. The first-order chi connectivity index (χ1) is 13.3. The van der Waals surface area contributed by atoms with Gasteiger partial charge in [0.25, 0.3) is 0 Å². The number of benzene rings is 2. The van der Waals surface area contributed by atoms with Crippen molar-refractivity contribution in [1.82, 2.24) is 10.6 Å². The molecule has 2 aromatic rings. The molecule has 0 spiro atoms. The van der Waals surface area contributed by atoms with E-state index < -0.39 is 9.84 Å². The van der Waals surface area contributed by atoms with E-state index in [1.165, 1.54) is 18.4 Å². The molecule has 0 saturated heterocycles. The lowest BCUT2D eigenvalue weighted by Gasteiger charge is -2.12. The van der Waals surface area contributed by atoms with Crippen molar-refractivity contribution in [2.75, 3.05) is 26.0 Å². The van der Waals surface area contributed by atoms with Crippen LogP contribution in [-0.2, 0) is 16.4 Å². The first kappa shape index (κ1) is 22.3. The van der Waals surface area contributed by atoms with Crippen molar-refractivity contribution in [2.45, 2.75) is 18.4 Å². The summed E-state index contributed by atoms with van der Waals surface area (Å²) in [5.41, 5.74) is 0.880. The van der Waals surface area contributed by atoms with Crippen LogP contribution in [0.1, 0.15) is 12.5 Å². The number of ether oxygens (including phenoxy) is 1. The van der Waals surface area contributed by atoms with Gasteiger partial charge < -0.3 is 15.4 Å². The maximum absolute atomic E-state index is 11.5. The van der Waals surface area contributed by atoms with E-state index >= 15 is 0 Å². The largest absolute Gasteiger partial charge is 0.492 e. The van der Waals surface area contributed by atoms with Gasteiger partial charge in [-0.05, 0) is 48.9 Å². The minimum Gasteiger partial charge on any atom is -0.492 e. The van der Waals surface area contributed by atoms with Crippen LogP contribution in [0.2, 0.25) is 10.0 Å². The number of sulfone groups is 1. The van der Waals surface area contributed by atoms with Gasteiger partial charge in [0.05, 0.1) is 18.0 Å². The molecule has 9 heteroatoms. The van der Waals surface area contributed by atoms with E-state index in [0.29, 0.717) is 48.0 Å². The van der Waals surface area contributed by atoms with Crippen molar-refractivity contribution in [2.24, 2.45) is 4.99 Å². The zero-order valence-electron chi connectivity index (χ0n) is 15.7. The molecule has 6 nitrogen and oxygen atoms in total. The minimum absolute atomic E-state index is 0.264. The van der Waals surface area contributed by atoms with Crippen molar-refractivity contribution in [1.29, 1.82) is 0 Å². The van der Waals surface area contributed by atoms with Gasteiger partial charge in [0.2, 0.25) is 0 Å². The fourth-order valence-electron chi connectivity index (χ4n) is 2.28. The number of halogens is 2. The molecule has 0 aromatic heterocycles. The Kier molecular flexibility index (Phi) is 8.41. The summed E-state index contributed by atoms with van der Waals surface area (Å²) in [7, 11) is -3.21. The fourth-order valence-corrected chi connectivity index (χ4v) is 3.38. The zero-order valence-corrected chi connectivity index (χ0v) is 18.0. The van der Waals surface area contributed by atoms with Gasteiger partial charge in [-0.1, -0.05) is 29.3 Å². The topological polar surface area (TPSA) is 79.8 Å². The molecule has 0 radical (unpaired) electrons. The third-order valence-electron chi connectivity index (χ3n) is 3.68. The third kappa shape index (κ3) is 7.22. The number of guanidine groups is 1. The normalized spacial score (nSPS) is 11.9. The molecule has 2 rings (SSSR count). The summed E-state index contributed by atoms with van der Waals surface area (Å²) >= 11 is 12.1. The monoisotopic (exact) mass is 443 g/mol. The lowest BCUT2D eigenvalue weighted by molar-refractivity contribution is 0.321. The van der Waals surface area contributed by atoms with Gasteiger partial charge in [-0.25, -0.2) is 13.4 Å². The lowest BCUT2D eigenvalue weighted by Crippen LogP contribution is -2.39. The molecule has 0 heterocycles. The second kappa shape index (κ2) is 10.5. The maximum atomic E-state index is 11.5. The van der Waals surface area contributed by atoms with Gasteiger partial charge in [-0.15, -0.1) is 0 Å². The maximum Gasteiger partial charge on any atom is 0.191 e. The van der Waals surface area contributed by atoms with Crippen molar-refractivity contribution < 1.29 is 13.2 Å². The van der Waals surface area contributed by atoms with Gasteiger partial charge >= 0.3 is 0 Å². The van der Waals surface area contributed by atoms with Crippen LogP contribution in [0, 0.1) is 0 Å². The number of hydrogen-bond acceptors (Lipinski definition) is 4. The second-order valence-corrected chi connectivity index (χ2v) is 8.81. The van der Waals surface area contributed by atoms with Crippen LogP contribution in [0.3, 0.4) is 0 Å². The Morgan fingerprint density at radius 2 is 1.82 bits per heavy atom. The smallest absolute Gasteiger partial charge is 0.191 e. The summed E-state index contributed by atoms with van der Waals surface area (Å²) in [6.45, 7) is 4.03. The number of aliphatic imine (C=N–C) groups is 1. The van der Waals surface area contributed by atoms with Crippen LogP contribution in [0.25, 0.3) is 0 Å². The average molecular weight is 444 g/mol. The number of nitrogens with one attached hydrogen (secondary N) is 2. The van der Waals surface area contributed by atoms with Crippen molar-refractivity contribution >= 4 is 39.0 Å². The van der Waals surface area contributed by atoms with E-state index in [2.05, 4.69) is 15.6 Å². The van der Waals surface area contributed by atoms with E-state index in [1.807, 2.05) is 13.0 Å². The third-order valence-corrected chi connectivity index (χ3v) is 5.40. The number of rotatable bonds is 8. The Morgan fingerprint density at radius 3 is 2.43 bits per heavy atom. The molecular weight excluding hydrogens is 421 g/mol. The summed E-state index contributed by atoms with van der Waals surface area (Å²) in [5.74, 6) is 1.24. The highest BCUT2D eigenvalue weighted by Gasteiger charge is 2.06. The lowest BCUT2D eigenvalue weighted by atomic mass is 10.2. The van der Waals surface area contributed by atoms with Crippen molar-refractivity contribution in [3.8, 4) is 5.75 Å². The Labute approximate surface area is 175 Å². The molecule has 2 N–H and O–H groups in total. The molecule has 0 aliphatic rings. The molecule has 0 aliphatic heterocycles. The van der Waals surface area contributed by atoms with E-state index in [4.69, 9.17) is 27.9 Å². The highest BCUT2D eigenvalue weighted by atomic mass is 35.5. The van der Waals surface area contributed by atoms with Gasteiger partial charge in [-0.2, -0.15) is 0 Å². The SMILES string of the molecule is CCNC(=NCc1ccc(Cl)cc1Cl)NCCOc1ccc(S(C)(=O)=O)cc1. The van der Waals surface area contributed by atoms with Crippen LogP contribution in [0.4, 0.5) is 0 Å². The summed E-state index contributed by atoms with van der Waals surface area (Å²) in [6, 6.07) is 11.6. The molecule has 0 amide bonds. The summed E-state index contributed by atoms with van der Waals surface area (Å²) in [4.78, 5) is 4.77. The van der Waals surface area contributed by atoms with Crippen LogP contribution in [0.5, 0.6) is 5.75 Å². The fraction of sp³-hybridized carbons (Fsp3) is 0.316. The molecule has 0 saturated carbocycles. The Hall–Kier alpha value is -1.96. The molecule has 2 aromatic carbocycles. The molecule has 0 bridgehead atoms. The summed E-state index contributed by atoms with van der Waals surface area (Å²) in [5, 5.41) is 7.49. The van der Waals surface area contributed by atoms with Gasteiger partial charge in [0.15, 0.2) is 15.8 Å². The Morgan fingerprint density at radius 1 is 1.11 bits per heavy atom. The van der Waals surface area contributed by atoms with Gasteiger partial charge in [0.1, 0.15) is 12.4 Å². The van der Waals surface area contributed by atoms with E-state index in [-0.39, 0.29) is 4.90 Å². The van der Waals surface area contributed by atoms with Crippen molar-refractivity contribution in [3.05, 3.63) is 58.1 Å². The first-order valence-electron chi connectivity index (χ1n) is 8.68. The quantitative estimate of drug-likeness (QED) is 0.370. The van der Waals surface area contributed by atoms with Crippen molar-refractivity contribution in [3.63, 3.8) is 0 Å². The first-order valence-corrected chi connectivity index (χ1v) is 11.3. The van der Waals surface area contributed by atoms with Gasteiger partial charge in [-0.3, -0.25) is 0 Å². The molecule has 28 heavy (non-hydrogen) atoms. The highest BCUT2D eigenvalue weighted by molar-refractivity contribution is 7.90. The summed E-state index contributed by atoms with van der Waals surface area (Å²) < 4.78 is 28.5. The standard InChI is InChI=1S/C19H23Cl2N3O3S/c1-3-22-19(24-13-14-4-5-15(20)12-18(14)21)23-10-11-27-16-6-8-17(9-7-16)28(2,25)26/h4-9,12H,3,10-11,13H2,1-2H3,(H2,22,23,24). The Balaban J connectivity index is 1.85. The predicted molar refractivity (Wildman–Crippen MR) is 114 cm³/mol. The molecule has 0 aliphatic carbocycles. The average Bonchev–Trinajstić information content (AvgIpc) is 2.64. The second-order valence-electron chi connectivity index (χ2n) is 5.95. The predicted octanol–water partition coefficient (Wildman–Crippen LogP) is 3.53. The molecule has 0 unspecified atom stereocenters. The van der Waals surface area contributed by atoms with Crippen LogP contribution in [0.15, 0.2) is 52.4 Å². The molecular formula is C19H23Cl2N3O3S. The van der Waals surface area contributed by atoms with Crippen LogP contribution < -0.4 is 15.4 Å². The number of nitrogens with zero attached hydrogens (tertiary/aromatic N) is 1. The zero-order chi connectivity index (χ0) is 20.6. The number of hydrogen-bond donors (Lipinski definition) is 2. The van der Waals surface area contributed by atoms with E-state index in [1.54, 1.807) is 24.3 Å². The van der Waals surface area contributed by atoms with E-state index in [0.717, 1.165) is 5.56 Å². The summed E-state index contributed by atoms with van der Waals surface area (Å²) in [6.07, 6.45) is 1.17. The van der Waals surface area contributed by atoms with Crippen LogP contribution in [-0.4, -0.2) is 40.3 Å². The van der Waals surface area contributed by atoms with Gasteiger partial charge in [0, 0.05) is 22.8 Å². The van der Waals surface area contributed by atoms with E-state index in [9.17, 15) is 8.42 Å².